The molecule has 0 atom stereocenters. The predicted molar refractivity (Wildman–Crippen MR) is 62.2 cm³/mol. The van der Waals surface area contributed by atoms with Gasteiger partial charge in [-0.1, -0.05) is 6.07 Å². The van der Waals surface area contributed by atoms with Crippen LogP contribution in [-0.4, -0.2) is 37.4 Å². The Bertz CT molecular complexity index is 475. The van der Waals surface area contributed by atoms with E-state index in [1.165, 1.54) is 11.0 Å². The van der Waals surface area contributed by atoms with Gasteiger partial charge in [0, 0.05) is 19.7 Å². The summed E-state index contributed by atoms with van der Waals surface area (Å²) in [7, 11) is 3.23. The van der Waals surface area contributed by atoms with Gasteiger partial charge in [0.05, 0.1) is 18.2 Å². The summed E-state index contributed by atoms with van der Waals surface area (Å²) in [5.74, 6) is -0.549. The molecule has 0 unspecified atom stereocenters. The Balaban J connectivity index is 2.65. The topological polar surface area (TPSA) is 73.2 Å². The van der Waals surface area contributed by atoms with Crippen molar-refractivity contribution in [2.45, 2.75) is 0 Å². The van der Waals surface area contributed by atoms with E-state index in [9.17, 15) is 9.59 Å². The Labute approximate surface area is 99.6 Å². The number of nitrogens with one attached hydrogen (secondary N) is 1. The molecule has 0 bridgehead atoms. The third-order valence-corrected chi connectivity index (χ3v) is 2.15. The maximum Gasteiger partial charge on any atom is 0.251 e. The highest BCUT2D eigenvalue weighted by molar-refractivity contribution is 5.96. The van der Waals surface area contributed by atoms with Gasteiger partial charge in [-0.2, -0.15) is 5.26 Å². The summed E-state index contributed by atoms with van der Waals surface area (Å²) in [5.41, 5.74) is 0.784. The number of likely N-dealkylation sites (N-methyl/N-ethyl adjacent to an activating group) is 1. The zero-order valence-electron chi connectivity index (χ0n) is 9.73. The molecule has 5 nitrogen and oxygen atoms in total. The standard InChI is InChI=1S/C12H13N3O2/c1-15(2)11(16)8-14-12(17)10-5-3-4-9(6-10)7-13/h3-6H,8H2,1-2H3,(H,14,17). The summed E-state index contributed by atoms with van der Waals surface area (Å²) >= 11 is 0. The number of hydrogen-bond acceptors (Lipinski definition) is 3. The zero-order valence-corrected chi connectivity index (χ0v) is 9.73. The quantitative estimate of drug-likeness (QED) is 0.817. The van der Waals surface area contributed by atoms with Crippen LogP contribution in [0.1, 0.15) is 15.9 Å². The molecular formula is C12H13N3O2. The summed E-state index contributed by atoms with van der Waals surface area (Å²) in [4.78, 5) is 24.3. The molecule has 0 saturated heterocycles. The first-order chi connectivity index (χ1) is 8.04. The van der Waals surface area contributed by atoms with Gasteiger partial charge in [0.1, 0.15) is 0 Å². The molecule has 5 heteroatoms. The molecule has 0 aliphatic heterocycles. The molecule has 17 heavy (non-hydrogen) atoms. The van der Waals surface area contributed by atoms with Crippen molar-refractivity contribution < 1.29 is 9.59 Å². The van der Waals surface area contributed by atoms with E-state index >= 15 is 0 Å². The first kappa shape index (κ1) is 12.7. The van der Waals surface area contributed by atoms with Crippen molar-refractivity contribution in [3.05, 3.63) is 35.4 Å². The average molecular weight is 231 g/mol. The molecule has 88 valence electrons. The molecule has 1 rings (SSSR count). The molecule has 0 heterocycles. The zero-order chi connectivity index (χ0) is 12.8. The molecule has 0 fully saturated rings. The van der Waals surface area contributed by atoms with Gasteiger partial charge in [0.15, 0.2) is 0 Å². The maximum atomic E-state index is 11.6. The fraction of sp³-hybridized carbons (Fsp3) is 0.250. The van der Waals surface area contributed by atoms with Gasteiger partial charge in [-0.05, 0) is 18.2 Å². The van der Waals surface area contributed by atoms with Crippen molar-refractivity contribution in [2.24, 2.45) is 0 Å². The van der Waals surface area contributed by atoms with Crippen LogP contribution in [0.3, 0.4) is 0 Å². The minimum absolute atomic E-state index is 0.0530. The van der Waals surface area contributed by atoms with Gasteiger partial charge in [0.2, 0.25) is 5.91 Å². The molecule has 0 aliphatic rings. The normalized spacial score (nSPS) is 9.24. The minimum Gasteiger partial charge on any atom is -0.347 e. The number of nitriles is 1. The molecule has 0 aromatic heterocycles. The summed E-state index contributed by atoms with van der Waals surface area (Å²) in [6.07, 6.45) is 0. The van der Waals surface area contributed by atoms with E-state index in [4.69, 9.17) is 5.26 Å². The highest BCUT2D eigenvalue weighted by atomic mass is 16.2. The Morgan fingerprint density at radius 2 is 2.12 bits per heavy atom. The number of hydrogen-bond donors (Lipinski definition) is 1. The van der Waals surface area contributed by atoms with Crippen molar-refractivity contribution in [3.8, 4) is 6.07 Å². The van der Waals surface area contributed by atoms with Crippen LogP contribution in [0.15, 0.2) is 24.3 Å². The van der Waals surface area contributed by atoms with Gasteiger partial charge in [-0.3, -0.25) is 9.59 Å². The maximum absolute atomic E-state index is 11.6. The second kappa shape index (κ2) is 5.66. The molecule has 0 spiro atoms. The molecule has 1 aromatic rings. The van der Waals surface area contributed by atoms with E-state index in [0.717, 1.165) is 0 Å². The van der Waals surface area contributed by atoms with Crippen molar-refractivity contribution >= 4 is 11.8 Å². The highest BCUT2D eigenvalue weighted by Crippen LogP contribution is 2.03. The number of benzene rings is 1. The first-order valence-corrected chi connectivity index (χ1v) is 5.03. The minimum atomic E-state index is -0.364. The van der Waals surface area contributed by atoms with E-state index in [0.29, 0.717) is 11.1 Å². The van der Waals surface area contributed by atoms with Gasteiger partial charge in [0.25, 0.3) is 5.91 Å². The van der Waals surface area contributed by atoms with Crippen LogP contribution < -0.4 is 5.32 Å². The van der Waals surface area contributed by atoms with Crippen LogP contribution in [0.5, 0.6) is 0 Å². The number of carbonyl (C=O) groups is 2. The Morgan fingerprint density at radius 3 is 2.71 bits per heavy atom. The van der Waals surface area contributed by atoms with E-state index in [1.807, 2.05) is 6.07 Å². The van der Waals surface area contributed by atoms with Gasteiger partial charge >= 0.3 is 0 Å². The van der Waals surface area contributed by atoms with Crippen LogP contribution in [0.2, 0.25) is 0 Å². The number of rotatable bonds is 3. The largest absolute Gasteiger partial charge is 0.347 e. The van der Waals surface area contributed by atoms with Gasteiger partial charge in [-0.25, -0.2) is 0 Å². The van der Waals surface area contributed by atoms with Crippen LogP contribution in [0, 0.1) is 11.3 Å². The average Bonchev–Trinajstić information content (AvgIpc) is 2.35. The van der Waals surface area contributed by atoms with Gasteiger partial charge < -0.3 is 10.2 Å². The molecule has 0 aliphatic carbocycles. The smallest absolute Gasteiger partial charge is 0.251 e. The predicted octanol–water partition coefficient (Wildman–Crippen LogP) is 0.376. The van der Waals surface area contributed by atoms with E-state index < -0.39 is 0 Å². The Morgan fingerprint density at radius 1 is 1.41 bits per heavy atom. The van der Waals surface area contributed by atoms with E-state index in [-0.39, 0.29) is 18.4 Å². The summed E-state index contributed by atoms with van der Waals surface area (Å²) in [5, 5.41) is 11.2. The third kappa shape index (κ3) is 3.61. The molecular weight excluding hydrogens is 218 g/mol. The molecule has 1 aromatic carbocycles. The lowest BCUT2D eigenvalue weighted by Crippen LogP contribution is -2.36. The van der Waals surface area contributed by atoms with Crippen molar-refractivity contribution in [3.63, 3.8) is 0 Å². The van der Waals surface area contributed by atoms with Crippen LogP contribution in [0.25, 0.3) is 0 Å². The SMILES string of the molecule is CN(C)C(=O)CNC(=O)c1cccc(C#N)c1. The second-order valence-electron chi connectivity index (χ2n) is 3.66. The summed E-state index contributed by atoms with van der Waals surface area (Å²) in [6.45, 7) is -0.0530. The molecule has 1 N–H and O–H groups in total. The number of amides is 2. The fourth-order valence-electron chi connectivity index (χ4n) is 1.15. The lowest BCUT2D eigenvalue weighted by Gasteiger charge is -2.10. The van der Waals surface area contributed by atoms with Crippen molar-refractivity contribution in [1.82, 2.24) is 10.2 Å². The molecule has 2 amide bonds. The van der Waals surface area contributed by atoms with Crippen LogP contribution >= 0.6 is 0 Å². The van der Waals surface area contributed by atoms with E-state index in [1.54, 1.807) is 32.3 Å². The lowest BCUT2D eigenvalue weighted by atomic mass is 10.1. The van der Waals surface area contributed by atoms with Crippen molar-refractivity contribution in [2.75, 3.05) is 20.6 Å². The van der Waals surface area contributed by atoms with Crippen molar-refractivity contribution in [1.29, 1.82) is 5.26 Å². The number of nitrogens with zero attached hydrogens (tertiary/aromatic N) is 2. The summed E-state index contributed by atoms with van der Waals surface area (Å²) in [6, 6.07) is 8.26. The Hall–Kier alpha value is -2.35. The molecule has 0 radical (unpaired) electrons. The monoisotopic (exact) mass is 231 g/mol. The first-order valence-electron chi connectivity index (χ1n) is 5.03. The Kier molecular flexibility index (Phi) is 4.23. The summed E-state index contributed by atoms with van der Waals surface area (Å²) < 4.78 is 0. The van der Waals surface area contributed by atoms with Crippen LogP contribution in [-0.2, 0) is 4.79 Å². The van der Waals surface area contributed by atoms with E-state index in [2.05, 4.69) is 5.32 Å². The highest BCUT2D eigenvalue weighted by Gasteiger charge is 2.09. The van der Waals surface area contributed by atoms with Crippen LogP contribution in [0.4, 0.5) is 0 Å². The molecule has 0 saturated carbocycles. The second-order valence-corrected chi connectivity index (χ2v) is 3.66. The number of carbonyl (C=O) groups excluding carboxylic acids is 2. The van der Waals surface area contributed by atoms with Gasteiger partial charge in [-0.15, -0.1) is 0 Å². The lowest BCUT2D eigenvalue weighted by molar-refractivity contribution is -0.127. The third-order valence-electron chi connectivity index (χ3n) is 2.15. The fourth-order valence-corrected chi connectivity index (χ4v) is 1.15.